The molecule has 0 radical (unpaired) electrons. The van der Waals surface area contributed by atoms with Crippen LogP contribution in [0.4, 0.5) is 27.6 Å². The van der Waals surface area contributed by atoms with Gasteiger partial charge < -0.3 is 24.8 Å². The third-order valence-electron chi connectivity index (χ3n) is 7.62. The summed E-state index contributed by atoms with van der Waals surface area (Å²) < 4.78 is 99.7. The maximum Gasteiger partial charge on any atom is 0.416 e. The first-order valence-electron chi connectivity index (χ1n) is 14.6. The number of amides is 1. The molecule has 0 spiro atoms. The van der Waals surface area contributed by atoms with Crippen molar-refractivity contribution in [1.82, 2.24) is 5.32 Å². The Hall–Kier alpha value is -3.75. The second-order valence-electron chi connectivity index (χ2n) is 10.8. The van der Waals surface area contributed by atoms with Crippen LogP contribution in [-0.4, -0.2) is 70.1 Å². The molecular formula is C32H35F5N2O6S. The molecule has 4 rings (SSSR count). The largest absolute Gasteiger partial charge is 0.489 e. The summed E-state index contributed by atoms with van der Waals surface area (Å²) in [5, 5.41) is 12.6. The first-order chi connectivity index (χ1) is 21.8. The van der Waals surface area contributed by atoms with Crippen LogP contribution in [0.25, 0.3) is 0 Å². The lowest BCUT2D eigenvalue weighted by atomic mass is 10.1. The van der Waals surface area contributed by atoms with Crippen LogP contribution in [0.5, 0.6) is 5.75 Å². The Morgan fingerprint density at radius 1 is 1.02 bits per heavy atom. The van der Waals surface area contributed by atoms with Crippen LogP contribution < -0.4 is 15.0 Å². The molecule has 0 saturated carbocycles. The van der Waals surface area contributed by atoms with Crippen LogP contribution >= 0.6 is 0 Å². The Bertz CT molecular complexity index is 1540. The molecule has 1 aliphatic rings. The van der Waals surface area contributed by atoms with E-state index in [0.29, 0.717) is 24.2 Å². The molecule has 2 N–H and O–H groups in total. The van der Waals surface area contributed by atoms with Gasteiger partial charge in [0.05, 0.1) is 54.7 Å². The van der Waals surface area contributed by atoms with Crippen molar-refractivity contribution in [2.75, 3.05) is 37.0 Å². The number of sulfone groups is 1. The molecule has 0 bridgehead atoms. The Kier molecular flexibility index (Phi) is 11.6. The fourth-order valence-corrected chi connectivity index (χ4v) is 5.98. The summed E-state index contributed by atoms with van der Waals surface area (Å²) in [6.07, 6.45) is -7.42. The first-order valence-corrected chi connectivity index (χ1v) is 16.3. The van der Waals surface area contributed by atoms with E-state index in [-0.39, 0.29) is 41.2 Å². The summed E-state index contributed by atoms with van der Waals surface area (Å²) in [4.78, 5) is 15.1. The van der Waals surface area contributed by atoms with Gasteiger partial charge >= 0.3 is 6.18 Å². The van der Waals surface area contributed by atoms with Crippen LogP contribution in [0.3, 0.4) is 0 Å². The molecule has 0 aliphatic carbocycles. The first kappa shape index (κ1) is 35.1. The molecule has 1 unspecified atom stereocenters. The highest BCUT2D eigenvalue weighted by Crippen LogP contribution is 2.32. The minimum absolute atomic E-state index is 0.0563. The number of rotatable bonds is 14. The molecule has 0 aromatic heterocycles. The Labute approximate surface area is 264 Å². The van der Waals surface area contributed by atoms with Gasteiger partial charge in [0.2, 0.25) is 6.43 Å². The van der Waals surface area contributed by atoms with Gasteiger partial charge in [0.25, 0.3) is 5.91 Å². The monoisotopic (exact) mass is 670 g/mol. The summed E-state index contributed by atoms with van der Waals surface area (Å²) >= 11 is 0. The van der Waals surface area contributed by atoms with Gasteiger partial charge in [-0.25, -0.2) is 17.2 Å². The Morgan fingerprint density at radius 3 is 2.24 bits per heavy atom. The fourth-order valence-electron chi connectivity index (χ4n) is 5.09. The zero-order chi connectivity index (χ0) is 33.5. The van der Waals surface area contributed by atoms with Gasteiger partial charge in [0.15, 0.2) is 9.84 Å². The highest BCUT2D eigenvalue weighted by atomic mass is 32.2. The summed E-state index contributed by atoms with van der Waals surface area (Å²) in [6.45, 7) is 1.40. The van der Waals surface area contributed by atoms with Crippen LogP contribution in [0.15, 0.2) is 77.7 Å². The molecule has 250 valence electrons. The zero-order valence-electron chi connectivity index (χ0n) is 24.9. The third kappa shape index (κ3) is 9.17. The number of anilines is 1. The van der Waals surface area contributed by atoms with E-state index < -0.39 is 59.1 Å². The number of carbonyl (C=O) groups is 1. The van der Waals surface area contributed by atoms with E-state index in [1.165, 1.54) is 43.3 Å². The molecule has 1 saturated heterocycles. The van der Waals surface area contributed by atoms with E-state index in [0.717, 1.165) is 12.1 Å². The number of benzene rings is 3. The fraction of sp³-hybridized carbons (Fsp3) is 0.406. The second kappa shape index (κ2) is 15.2. The van der Waals surface area contributed by atoms with Crippen LogP contribution in [-0.2, 0) is 20.8 Å². The number of halogens is 5. The lowest BCUT2D eigenvalue weighted by Crippen LogP contribution is -2.34. The van der Waals surface area contributed by atoms with Crippen LogP contribution in [0.2, 0.25) is 0 Å². The van der Waals surface area contributed by atoms with Crippen molar-refractivity contribution in [1.29, 1.82) is 0 Å². The molecule has 3 atom stereocenters. The number of aliphatic hydroxyl groups excluding tert-OH is 1. The molecule has 1 fully saturated rings. The maximum absolute atomic E-state index is 13.0. The third-order valence-corrected chi connectivity index (χ3v) is 9.37. The average molecular weight is 671 g/mol. The maximum atomic E-state index is 13.0. The highest BCUT2D eigenvalue weighted by Gasteiger charge is 2.35. The van der Waals surface area contributed by atoms with E-state index in [1.54, 1.807) is 24.3 Å². The van der Waals surface area contributed by atoms with E-state index in [1.807, 2.05) is 4.90 Å². The van der Waals surface area contributed by atoms with Gasteiger partial charge in [-0.2, -0.15) is 13.2 Å². The lowest BCUT2D eigenvalue weighted by molar-refractivity contribution is -0.137. The van der Waals surface area contributed by atoms with Gasteiger partial charge in [-0.05, 0) is 66.2 Å². The standard InChI is InChI=1S/C32H35F5N2O6S/c1-2-46(42,43)28-13-5-21(6-14-28)29(19-40)38-31(41)22-3-9-24(10-4-22)39-18-27(17-25(39)20-44-16-15-30(33)34)45-26-11-7-23(8-12-26)32(35,36)37/h3-14,25,27,29-30,40H,2,15-20H2,1H3,(H,38,41)/t25-,27+,29?/m0/s1. The minimum Gasteiger partial charge on any atom is -0.489 e. The molecule has 1 amide bonds. The van der Waals surface area contributed by atoms with E-state index in [9.17, 15) is 40.3 Å². The predicted molar refractivity (Wildman–Crippen MR) is 161 cm³/mol. The number of nitrogens with zero attached hydrogens (tertiary/aromatic N) is 1. The van der Waals surface area contributed by atoms with Crippen LogP contribution in [0.1, 0.15) is 47.3 Å². The minimum atomic E-state index is -4.48. The molecule has 3 aromatic carbocycles. The van der Waals surface area contributed by atoms with E-state index in [4.69, 9.17) is 9.47 Å². The Balaban J connectivity index is 1.44. The SMILES string of the molecule is CCS(=O)(=O)c1ccc(C(CO)NC(=O)c2ccc(N3C[C@H](Oc4ccc(C(F)(F)F)cc4)C[C@H]3COCCC(F)F)cc2)cc1. The van der Waals surface area contributed by atoms with Crippen molar-refractivity contribution in [2.24, 2.45) is 0 Å². The highest BCUT2D eigenvalue weighted by molar-refractivity contribution is 7.91. The molecule has 8 nitrogen and oxygen atoms in total. The van der Waals surface area contributed by atoms with Crippen LogP contribution in [0, 0.1) is 0 Å². The van der Waals surface area contributed by atoms with E-state index in [2.05, 4.69) is 5.32 Å². The van der Waals surface area contributed by atoms with Gasteiger partial charge in [-0.3, -0.25) is 4.79 Å². The van der Waals surface area contributed by atoms with Gasteiger partial charge in [-0.15, -0.1) is 0 Å². The molecule has 14 heteroatoms. The molecule has 1 aliphatic heterocycles. The smallest absolute Gasteiger partial charge is 0.416 e. The molecular weight excluding hydrogens is 635 g/mol. The van der Waals surface area contributed by atoms with Crippen molar-refractivity contribution in [3.8, 4) is 5.75 Å². The quantitative estimate of drug-likeness (QED) is 0.169. The number of ether oxygens (including phenoxy) is 2. The number of hydrogen-bond donors (Lipinski definition) is 2. The number of carbonyl (C=O) groups excluding carboxylic acids is 1. The van der Waals surface area contributed by atoms with Crippen molar-refractivity contribution in [2.45, 2.75) is 55.5 Å². The van der Waals surface area contributed by atoms with Gasteiger partial charge in [0, 0.05) is 24.1 Å². The molecule has 46 heavy (non-hydrogen) atoms. The number of aliphatic hydroxyl groups is 1. The van der Waals surface area contributed by atoms with Crippen molar-refractivity contribution < 1.29 is 49.7 Å². The lowest BCUT2D eigenvalue weighted by Gasteiger charge is -2.26. The predicted octanol–water partition coefficient (Wildman–Crippen LogP) is 5.66. The molecule has 1 heterocycles. The summed E-state index contributed by atoms with van der Waals surface area (Å²) in [7, 11) is -3.40. The zero-order valence-corrected chi connectivity index (χ0v) is 25.7. The summed E-state index contributed by atoms with van der Waals surface area (Å²) in [5.41, 5.74) is 0.694. The van der Waals surface area contributed by atoms with Crippen molar-refractivity contribution >= 4 is 21.4 Å². The normalized spacial score (nSPS) is 17.7. The molecule has 3 aromatic rings. The van der Waals surface area contributed by atoms with Gasteiger partial charge in [0.1, 0.15) is 11.9 Å². The number of nitrogens with one attached hydrogen (secondary N) is 1. The van der Waals surface area contributed by atoms with Crippen molar-refractivity contribution in [3.05, 3.63) is 89.5 Å². The Morgan fingerprint density at radius 2 is 1.67 bits per heavy atom. The number of hydrogen-bond acceptors (Lipinski definition) is 7. The topological polar surface area (TPSA) is 105 Å². The summed E-state index contributed by atoms with van der Waals surface area (Å²) in [6, 6.07) is 15.7. The average Bonchev–Trinajstić information content (AvgIpc) is 3.43. The summed E-state index contributed by atoms with van der Waals surface area (Å²) in [5.74, 6) is -0.281. The van der Waals surface area contributed by atoms with Crippen molar-refractivity contribution in [3.63, 3.8) is 0 Å². The second-order valence-corrected chi connectivity index (χ2v) is 13.1. The van der Waals surface area contributed by atoms with Gasteiger partial charge in [-0.1, -0.05) is 19.1 Å². The van der Waals surface area contributed by atoms with E-state index >= 15 is 0 Å². The number of alkyl halides is 5.